The van der Waals surface area contributed by atoms with Crippen molar-refractivity contribution < 1.29 is 24.2 Å². The molecule has 1 fully saturated rings. The molecule has 2 aromatic rings. The van der Waals surface area contributed by atoms with Crippen LogP contribution in [0, 0.1) is 0 Å². The molecule has 0 atom stereocenters. The van der Waals surface area contributed by atoms with E-state index in [1.165, 1.54) is 6.08 Å². The quantitative estimate of drug-likeness (QED) is 0.289. The zero-order valence-electron chi connectivity index (χ0n) is 24.4. The van der Waals surface area contributed by atoms with Crippen molar-refractivity contribution in [2.24, 2.45) is 0 Å². The number of hydrogen-bond donors (Lipinski definition) is 1. The Morgan fingerprint density at radius 2 is 1.54 bits per heavy atom. The van der Waals surface area contributed by atoms with E-state index < -0.39 is 17.8 Å². The van der Waals surface area contributed by atoms with E-state index in [0.717, 1.165) is 57.3 Å². The van der Waals surface area contributed by atoms with E-state index in [-0.39, 0.29) is 31.7 Å². The van der Waals surface area contributed by atoms with Crippen molar-refractivity contribution in [1.82, 2.24) is 9.80 Å². The standard InChI is InChI=1S/C33H39N3O5/c1-5-8-19-35-31(38)27(32(39)36(33(35)40)20-12-21-37)17-18-28-23(4)30(24-13-10-9-11-14-24)26-16-15-25(22-29(26)41-28)34(6-2)7-3/h9-11,13-18,22,37H,5-8,12,19-21H2,1-4H3/b27-17-,28-18-. The molecule has 0 aromatic heterocycles. The highest BCUT2D eigenvalue weighted by Gasteiger charge is 2.41. The maximum atomic E-state index is 13.3. The monoisotopic (exact) mass is 557 g/mol. The first-order chi connectivity index (χ1) is 19.9. The number of nitrogens with zero attached hydrogens (tertiary/aromatic N) is 3. The largest absolute Gasteiger partial charge is 0.456 e. The number of imide groups is 2. The van der Waals surface area contributed by atoms with Crippen LogP contribution in [0.2, 0.25) is 0 Å². The Kier molecular flexibility index (Phi) is 9.78. The fourth-order valence-corrected chi connectivity index (χ4v) is 5.19. The Labute approximate surface area is 242 Å². The molecule has 0 spiro atoms. The SMILES string of the molecule is CCCCN1C(=O)/C(=C/C=C2\Oc3cc(N(CC)CC)ccc3C(c3ccccc3)=C2C)C(=O)N(CCCO)C1=O. The van der Waals surface area contributed by atoms with Gasteiger partial charge in [0, 0.05) is 55.7 Å². The fraction of sp³-hybridized carbons (Fsp3) is 0.364. The number of urea groups is 1. The van der Waals surface area contributed by atoms with Gasteiger partial charge in [-0.15, -0.1) is 0 Å². The number of anilines is 1. The van der Waals surface area contributed by atoms with E-state index in [4.69, 9.17) is 4.74 Å². The molecule has 8 heteroatoms. The molecular weight excluding hydrogens is 518 g/mol. The first-order valence-corrected chi connectivity index (χ1v) is 14.4. The molecule has 0 saturated carbocycles. The van der Waals surface area contributed by atoms with E-state index in [0.29, 0.717) is 17.9 Å². The number of fused-ring (bicyclic) bond motifs is 1. The van der Waals surface area contributed by atoms with Crippen LogP contribution >= 0.6 is 0 Å². The van der Waals surface area contributed by atoms with E-state index in [9.17, 15) is 19.5 Å². The van der Waals surface area contributed by atoms with Gasteiger partial charge in [-0.05, 0) is 69.0 Å². The van der Waals surface area contributed by atoms with Gasteiger partial charge in [0.1, 0.15) is 17.1 Å². The van der Waals surface area contributed by atoms with Crippen molar-refractivity contribution in [1.29, 1.82) is 0 Å². The number of aliphatic hydroxyl groups excluding tert-OH is 1. The summed E-state index contributed by atoms with van der Waals surface area (Å²) >= 11 is 0. The molecule has 1 saturated heterocycles. The van der Waals surface area contributed by atoms with Crippen LogP contribution in [0.1, 0.15) is 58.1 Å². The highest BCUT2D eigenvalue weighted by atomic mass is 16.5. The number of aliphatic hydroxyl groups is 1. The van der Waals surface area contributed by atoms with Crippen molar-refractivity contribution in [3.05, 3.63) is 88.7 Å². The molecule has 4 amide bonds. The van der Waals surface area contributed by atoms with Gasteiger partial charge in [-0.25, -0.2) is 4.79 Å². The number of rotatable bonds is 11. The lowest BCUT2D eigenvalue weighted by Gasteiger charge is -2.33. The first kappa shape index (κ1) is 29.8. The average molecular weight is 558 g/mol. The minimum Gasteiger partial charge on any atom is -0.456 e. The number of carbonyl (C=O) groups is 3. The van der Waals surface area contributed by atoms with Crippen LogP contribution < -0.4 is 9.64 Å². The van der Waals surface area contributed by atoms with Gasteiger partial charge in [0.25, 0.3) is 11.8 Å². The molecule has 4 rings (SSSR count). The van der Waals surface area contributed by atoms with Crippen molar-refractivity contribution in [3.8, 4) is 5.75 Å². The second-order valence-electron chi connectivity index (χ2n) is 10.1. The zero-order chi connectivity index (χ0) is 29.5. The topological polar surface area (TPSA) is 90.4 Å². The van der Waals surface area contributed by atoms with Gasteiger partial charge in [-0.2, -0.15) is 0 Å². The van der Waals surface area contributed by atoms with E-state index >= 15 is 0 Å². The molecule has 8 nitrogen and oxygen atoms in total. The third-order valence-corrected chi connectivity index (χ3v) is 7.48. The molecule has 2 heterocycles. The van der Waals surface area contributed by atoms with Gasteiger partial charge in [0.15, 0.2) is 0 Å². The third kappa shape index (κ3) is 6.12. The summed E-state index contributed by atoms with van der Waals surface area (Å²) in [5.74, 6) is -0.0762. The molecule has 0 radical (unpaired) electrons. The van der Waals surface area contributed by atoms with Crippen molar-refractivity contribution in [2.45, 2.75) is 47.0 Å². The summed E-state index contributed by atoms with van der Waals surface area (Å²) < 4.78 is 6.42. The Morgan fingerprint density at radius 3 is 2.15 bits per heavy atom. The lowest BCUT2D eigenvalue weighted by atomic mass is 9.90. The molecule has 0 aliphatic carbocycles. The summed E-state index contributed by atoms with van der Waals surface area (Å²) in [5.41, 5.74) is 4.80. The summed E-state index contributed by atoms with van der Waals surface area (Å²) in [4.78, 5) is 44.1. The Morgan fingerprint density at radius 1 is 0.878 bits per heavy atom. The predicted molar refractivity (Wildman–Crippen MR) is 160 cm³/mol. The molecule has 0 unspecified atom stereocenters. The fourth-order valence-electron chi connectivity index (χ4n) is 5.19. The van der Waals surface area contributed by atoms with Gasteiger partial charge in [0.05, 0.1) is 0 Å². The van der Waals surface area contributed by atoms with Crippen LogP contribution in [0.3, 0.4) is 0 Å². The summed E-state index contributed by atoms with van der Waals surface area (Å²) in [6.45, 7) is 9.95. The number of unbranched alkanes of at least 4 members (excludes halogenated alkanes) is 1. The zero-order valence-corrected chi connectivity index (χ0v) is 24.4. The number of amides is 4. The number of barbiturate groups is 1. The highest BCUT2D eigenvalue weighted by molar-refractivity contribution is 6.28. The molecule has 41 heavy (non-hydrogen) atoms. The summed E-state index contributed by atoms with van der Waals surface area (Å²) in [5, 5.41) is 9.30. The summed E-state index contributed by atoms with van der Waals surface area (Å²) in [6, 6.07) is 15.6. The second kappa shape index (κ2) is 13.5. The molecular formula is C33H39N3O5. The van der Waals surface area contributed by atoms with Crippen molar-refractivity contribution in [3.63, 3.8) is 0 Å². The van der Waals surface area contributed by atoms with Gasteiger partial charge >= 0.3 is 6.03 Å². The van der Waals surface area contributed by atoms with E-state index in [1.54, 1.807) is 6.08 Å². The maximum Gasteiger partial charge on any atom is 0.333 e. The van der Waals surface area contributed by atoms with Crippen LogP contribution in [0.4, 0.5) is 10.5 Å². The average Bonchev–Trinajstić information content (AvgIpc) is 2.98. The van der Waals surface area contributed by atoms with Gasteiger partial charge in [-0.3, -0.25) is 19.4 Å². The van der Waals surface area contributed by atoms with E-state index in [1.807, 2.05) is 50.2 Å². The number of ether oxygens (including phenoxy) is 1. The number of hydrogen-bond acceptors (Lipinski definition) is 6. The maximum absolute atomic E-state index is 13.3. The molecule has 216 valence electrons. The molecule has 2 aliphatic heterocycles. The number of benzene rings is 2. The second-order valence-corrected chi connectivity index (χ2v) is 10.1. The lowest BCUT2D eigenvalue weighted by Crippen LogP contribution is -2.56. The van der Waals surface area contributed by atoms with Gasteiger partial charge < -0.3 is 14.7 Å². The summed E-state index contributed by atoms with van der Waals surface area (Å²) in [7, 11) is 0. The molecule has 0 bridgehead atoms. The molecule has 2 aliphatic rings. The smallest absolute Gasteiger partial charge is 0.333 e. The number of carbonyl (C=O) groups excluding carboxylic acids is 3. The lowest BCUT2D eigenvalue weighted by molar-refractivity contribution is -0.136. The van der Waals surface area contributed by atoms with Crippen LogP contribution in [-0.4, -0.2) is 65.5 Å². The minimum atomic E-state index is -0.664. The first-order valence-electron chi connectivity index (χ1n) is 14.4. The van der Waals surface area contributed by atoms with Crippen LogP contribution in [-0.2, 0) is 9.59 Å². The summed E-state index contributed by atoms with van der Waals surface area (Å²) in [6.07, 6.45) is 4.76. The normalized spacial score (nSPS) is 17.4. The minimum absolute atomic E-state index is 0.0348. The third-order valence-electron chi connectivity index (χ3n) is 7.48. The highest BCUT2D eigenvalue weighted by Crippen LogP contribution is 2.43. The molecule has 2 aromatic carbocycles. The van der Waals surface area contributed by atoms with Crippen LogP contribution in [0.25, 0.3) is 5.57 Å². The molecule has 1 N–H and O–H groups in total. The Balaban J connectivity index is 1.81. The van der Waals surface area contributed by atoms with Crippen molar-refractivity contribution >= 4 is 29.1 Å². The predicted octanol–water partition coefficient (Wildman–Crippen LogP) is 5.53. The van der Waals surface area contributed by atoms with Crippen LogP contribution in [0.15, 0.2) is 77.6 Å². The van der Waals surface area contributed by atoms with Gasteiger partial charge in [-0.1, -0.05) is 43.7 Å². The van der Waals surface area contributed by atoms with Crippen LogP contribution in [0.5, 0.6) is 5.75 Å². The Bertz CT molecular complexity index is 1360. The van der Waals surface area contributed by atoms with E-state index in [2.05, 4.69) is 30.9 Å². The van der Waals surface area contributed by atoms with Gasteiger partial charge in [0.2, 0.25) is 0 Å². The van der Waals surface area contributed by atoms with Crippen molar-refractivity contribution in [2.75, 3.05) is 37.7 Å². The Hall–Kier alpha value is -4.17. The number of allylic oxidation sites excluding steroid dienone is 3.